The number of esters is 1. The lowest BCUT2D eigenvalue weighted by molar-refractivity contribution is -0.128. The van der Waals surface area contributed by atoms with E-state index < -0.39 is 0 Å². The Morgan fingerprint density at radius 1 is 1.35 bits per heavy atom. The van der Waals surface area contributed by atoms with Gasteiger partial charge < -0.3 is 9.64 Å². The van der Waals surface area contributed by atoms with Crippen molar-refractivity contribution in [3.8, 4) is 0 Å². The molecule has 4 heteroatoms. The standard InChI is InChI=1S/C16H19NO3/c1-12(2)11-20-16(19)14-7-5-13(6-8-14)10-17-9-3-4-15(17)18/h5-8H,1,3-4,9-11H2,2H3. The van der Waals surface area contributed by atoms with Crippen molar-refractivity contribution >= 4 is 11.9 Å². The van der Waals surface area contributed by atoms with Gasteiger partial charge in [-0.25, -0.2) is 4.79 Å². The van der Waals surface area contributed by atoms with Crippen molar-refractivity contribution < 1.29 is 14.3 Å². The molecule has 1 aromatic rings. The summed E-state index contributed by atoms with van der Waals surface area (Å²) in [6.07, 6.45) is 1.58. The van der Waals surface area contributed by atoms with Gasteiger partial charge in [0.2, 0.25) is 5.91 Å². The molecule has 0 spiro atoms. The van der Waals surface area contributed by atoms with Crippen LogP contribution in [0, 0.1) is 0 Å². The molecule has 1 aromatic carbocycles. The minimum atomic E-state index is -0.350. The molecular weight excluding hydrogens is 254 g/mol. The Bertz CT molecular complexity index is 519. The van der Waals surface area contributed by atoms with Crippen molar-refractivity contribution in [3.05, 3.63) is 47.5 Å². The van der Waals surface area contributed by atoms with Gasteiger partial charge in [0.25, 0.3) is 0 Å². The van der Waals surface area contributed by atoms with Crippen LogP contribution in [-0.2, 0) is 16.1 Å². The third kappa shape index (κ3) is 3.70. The molecule has 1 aliphatic rings. The molecule has 1 aliphatic heterocycles. The zero-order valence-corrected chi connectivity index (χ0v) is 11.7. The SMILES string of the molecule is C=C(C)COC(=O)c1ccc(CN2CCCC2=O)cc1. The number of rotatable bonds is 5. The van der Waals surface area contributed by atoms with Crippen LogP contribution >= 0.6 is 0 Å². The maximum atomic E-state index is 11.7. The van der Waals surface area contributed by atoms with Gasteiger partial charge in [-0.3, -0.25) is 4.79 Å². The number of nitrogens with zero attached hydrogens (tertiary/aromatic N) is 1. The van der Waals surface area contributed by atoms with Gasteiger partial charge in [0, 0.05) is 19.5 Å². The van der Waals surface area contributed by atoms with E-state index in [-0.39, 0.29) is 18.5 Å². The van der Waals surface area contributed by atoms with Crippen LogP contribution in [0.25, 0.3) is 0 Å². The van der Waals surface area contributed by atoms with Crippen LogP contribution in [0.5, 0.6) is 0 Å². The van der Waals surface area contributed by atoms with Crippen LogP contribution in [0.15, 0.2) is 36.4 Å². The zero-order chi connectivity index (χ0) is 14.5. The van der Waals surface area contributed by atoms with E-state index >= 15 is 0 Å². The fourth-order valence-electron chi connectivity index (χ4n) is 2.11. The van der Waals surface area contributed by atoms with Crippen molar-refractivity contribution in [1.82, 2.24) is 4.90 Å². The second-order valence-electron chi connectivity index (χ2n) is 5.15. The zero-order valence-electron chi connectivity index (χ0n) is 11.7. The Morgan fingerprint density at radius 3 is 2.60 bits per heavy atom. The molecule has 0 aromatic heterocycles. The van der Waals surface area contributed by atoms with Gasteiger partial charge in [-0.2, -0.15) is 0 Å². The monoisotopic (exact) mass is 273 g/mol. The Hall–Kier alpha value is -2.10. The van der Waals surface area contributed by atoms with E-state index in [1.807, 2.05) is 24.0 Å². The molecule has 0 N–H and O–H groups in total. The van der Waals surface area contributed by atoms with Gasteiger partial charge in [0.15, 0.2) is 0 Å². The minimum absolute atomic E-state index is 0.204. The number of ether oxygens (including phenoxy) is 1. The molecule has 1 fully saturated rings. The van der Waals surface area contributed by atoms with Gasteiger partial charge in [0.05, 0.1) is 5.56 Å². The lowest BCUT2D eigenvalue weighted by Crippen LogP contribution is -2.23. The second-order valence-corrected chi connectivity index (χ2v) is 5.15. The van der Waals surface area contributed by atoms with Crippen molar-refractivity contribution in [1.29, 1.82) is 0 Å². The number of carbonyl (C=O) groups excluding carboxylic acids is 2. The number of hydrogen-bond acceptors (Lipinski definition) is 3. The number of likely N-dealkylation sites (tertiary alicyclic amines) is 1. The number of hydrogen-bond donors (Lipinski definition) is 0. The van der Waals surface area contributed by atoms with E-state index in [2.05, 4.69) is 6.58 Å². The predicted octanol–water partition coefficient (Wildman–Crippen LogP) is 2.54. The first-order chi connectivity index (χ1) is 9.56. The molecule has 0 saturated carbocycles. The van der Waals surface area contributed by atoms with Crippen molar-refractivity contribution in [3.63, 3.8) is 0 Å². The van der Waals surface area contributed by atoms with Crippen LogP contribution in [0.1, 0.15) is 35.7 Å². The lowest BCUT2D eigenvalue weighted by atomic mass is 10.1. The lowest BCUT2D eigenvalue weighted by Gasteiger charge is -2.15. The molecule has 106 valence electrons. The normalized spacial score (nSPS) is 14.4. The number of carbonyl (C=O) groups is 2. The number of amides is 1. The third-order valence-corrected chi connectivity index (χ3v) is 3.18. The molecular formula is C16H19NO3. The molecule has 0 aliphatic carbocycles. The average Bonchev–Trinajstić information content (AvgIpc) is 2.82. The molecule has 0 bridgehead atoms. The van der Waals surface area contributed by atoms with E-state index in [9.17, 15) is 9.59 Å². The summed E-state index contributed by atoms with van der Waals surface area (Å²) < 4.78 is 5.08. The van der Waals surface area contributed by atoms with Crippen LogP contribution in [0.2, 0.25) is 0 Å². The topological polar surface area (TPSA) is 46.6 Å². The summed E-state index contributed by atoms with van der Waals surface area (Å²) in [5, 5.41) is 0. The third-order valence-electron chi connectivity index (χ3n) is 3.18. The second kappa shape index (κ2) is 6.37. The van der Waals surface area contributed by atoms with Crippen molar-refractivity contribution in [2.45, 2.75) is 26.3 Å². The fourth-order valence-corrected chi connectivity index (χ4v) is 2.11. The Kier molecular flexibility index (Phi) is 4.56. The highest BCUT2D eigenvalue weighted by Gasteiger charge is 2.20. The van der Waals surface area contributed by atoms with Gasteiger partial charge in [-0.15, -0.1) is 0 Å². The summed E-state index contributed by atoms with van der Waals surface area (Å²) in [6, 6.07) is 7.19. The first-order valence-electron chi connectivity index (χ1n) is 6.74. The Labute approximate surface area is 119 Å². The summed E-state index contributed by atoms with van der Waals surface area (Å²) in [5.41, 5.74) is 2.35. The Balaban J connectivity index is 1.93. The molecule has 4 nitrogen and oxygen atoms in total. The fraction of sp³-hybridized carbons (Fsp3) is 0.375. The molecule has 1 amide bonds. The van der Waals surface area contributed by atoms with Gasteiger partial charge in [-0.05, 0) is 36.6 Å². The average molecular weight is 273 g/mol. The maximum Gasteiger partial charge on any atom is 0.338 e. The molecule has 2 rings (SSSR count). The molecule has 1 saturated heterocycles. The van der Waals surface area contributed by atoms with E-state index in [4.69, 9.17) is 4.74 Å². The van der Waals surface area contributed by atoms with Crippen LogP contribution in [-0.4, -0.2) is 29.9 Å². The van der Waals surface area contributed by atoms with Gasteiger partial charge >= 0.3 is 5.97 Å². The van der Waals surface area contributed by atoms with Crippen LogP contribution in [0.3, 0.4) is 0 Å². The molecule has 0 unspecified atom stereocenters. The van der Waals surface area contributed by atoms with E-state index in [0.29, 0.717) is 18.5 Å². The van der Waals surface area contributed by atoms with E-state index in [0.717, 1.165) is 24.1 Å². The summed E-state index contributed by atoms with van der Waals surface area (Å²) in [6.45, 7) is 7.16. The summed E-state index contributed by atoms with van der Waals surface area (Å²) in [4.78, 5) is 25.1. The highest BCUT2D eigenvalue weighted by molar-refractivity contribution is 5.89. The largest absolute Gasteiger partial charge is 0.458 e. The predicted molar refractivity (Wildman–Crippen MR) is 76.2 cm³/mol. The first kappa shape index (κ1) is 14.3. The smallest absolute Gasteiger partial charge is 0.338 e. The first-order valence-corrected chi connectivity index (χ1v) is 6.74. The Morgan fingerprint density at radius 2 is 2.05 bits per heavy atom. The highest BCUT2D eigenvalue weighted by Crippen LogP contribution is 2.15. The maximum absolute atomic E-state index is 11.7. The summed E-state index contributed by atoms with van der Waals surface area (Å²) in [5.74, 6) is -0.147. The summed E-state index contributed by atoms with van der Waals surface area (Å²) in [7, 11) is 0. The van der Waals surface area contributed by atoms with Gasteiger partial charge in [0.1, 0.15) is 6.61 Å². The highest BCUT2D eigenvalue weighted by atomic mass is 16.5. The quantitative estimate of drug-likeness (QED) is 0.612. The minimum Gasteiger partial charge on any atom is -0.458 e. The van der Waals surface area contributed by atoms with E-state index in [1.165, 1.54) is 0 Å². The van der Waals surface area contributed by atoms with Crippen LogP contribution < -0.4 is 0 Å². The molecule has 0 radical (unpaired) electrons. The van der Waals surface area contributed by atoms with Crippen molar-refractivity contribution in [2.24, 2.45) is 0 Å². The number of benzene rings is 1. The summed E-state index contributed by atoms with van der Waals surface area (Å²) >= 11 is 0. The van der Waals surface area contributed by atoms with E-state index in [1.54, 1.807) is 12.1 Å². The van der Waals surface area contributed by atoms with Crippen LogP contribution in [0.4, 0.5) is 0 Å². The molecule has 0 atom stereocenters. The molecule has 20 heavy (non-hydrogen) atoms. The van der Waals surface area contributed by atoms with Crippen molar-refractivity contribution in [2.75, 3.05) is 13.2 Å². The van der Waals surface area contributed by atoms with Gasteiger partial charge in [-0.1, -0.05) is 18.7 Å². The molecule has 1 heterocycles.